The third-order valence-electron chi connectivity index (χ3n) is 3.22. The molecule has 1 aliphatic carbocycles. The van der Waals surface area contributed by atoms with E-state index >= 15 is 0 Å². The van der Waals surface area contributed by atoms with Crippen molar-refractivity contribution in [3.05, 3.63) is 71.8 Å². The first kappa shape index (κ1) is 12.4. The lowest BCUT2D eigenvalue weighted by atomic mass is 10.1. The van der Waals surface area contributed by atoms with Gasteiger partial charge in [0.1, 0.15) is 5.71 Å². The van der Waals surface area contributed by atoms with Crippen LogP contribution in [0.2, 0.25) is 0 Å². The summed E-state index contributed by atoms with van der Waals surface area (Å²) in [5, 5.41) is 4.03. The van der Waals surface area contributed by atoms with E-state index in [0.717, 1.165) is 22.3 Å². The van der Waals surface area contributed by atoms with E-state index in [9.17, 15) is 4.79 Å². The van der Waals surface area contributed by atoms with E-state index in [1.165, 1.54) is 0 Å². The first-order valence-corrected chi connectivity index (χ1v) is 6.32. The monoisotopic (exact) mass is 263 g/mol. The van der Waals surface area contributed by atoms with Crippen molar-refractivity contribution < 1.29 is 9.63 Å². The molecule has 0 spiro atoms. The highest BCUT2D eigenvalue weighted by Crippen LogP contribution is 2.36. The number of hydrogen-bond donors (Lipinski definition) is 0. The zero-order valence-electron chi connectivity index (χ0n) is 11.1. The smallest absolute Gasteiger partial charge is 0.313 e. The minimum atomic E-state index is -0.514. The number of benzene rings is 2. The summed E-state index contributed by atoms with van der Waals surface area (Å²) in [6.45, 7) is 5.14. The molecule has 0 heterocycles. The van der Waals surface area contributed by atoms with E-state index in [2.05, 4.69) is 11.7 Å². The normalized spacial score (nSPS) is 11.6. The molecule has 0 amide bonds. The van der Waals surface area contributed by atoms with E-state index in [1.54, 1.807) is 6.92 Å². The number of fused-ring (bicyclic) bond motifs is 3. The van der Waals surface area contributed by atoms with Crippen molar-refractivity contribution in [1.29, 1.82) is 0 Å². The van der Waals surface area contributed by atoms with E-state index in [0.29, 0.717) is 11.3 Å². The van der Waals surface area contributed by atoms with Gasteiger partial charge in [-0.1, -0.05) is 60.3 Å². The van der Waals surface area contributed by atoms with Crippen molar-refractivity contribution in [3.63, 3.8) is 0 Å². The summed E-state index contributed by atoms with van der Waals surface area (Å²) in [5.74, 6) is -0.514. The van der Waals surface area contributed by atoms with Gasteiger partial charge in [0.25, 0.3) is 0 Å². The molecule has 3 heteroatoms. The quantitative estimate of drug-likeness (QED) is 0.403. The van der Waals surface area contributed by atoms with Crippen molar-refractivity contribution in [2.24, 2.45) is 5.16 Å². The molecule has 98 valence electrons. The largest absolute Gasteiger partial charge is 0.360 e. The summed E-state index contributed by atoms with van der Waals surface area (Å²) in [6.07, 6.45) is 0. The molecular weight excluding hydrogens is 250 g/mol. The fraction of sp³-hybridized carbons (Fsp3) is 0.0588. The number of nitrogens with zero attached hydrogens (tertiary/aromatic N) is 1. The molecule has 0 saturated carbocycles. The van der Waals surface area contributed by atoms with Gasteiger partial charge in [0, 0.05) is 16.7 Å². The number of carbonyl (C=O) groups is 1. The Labute approximate surface area is 117 Å². The average Bonchev–Trinajstić information content (AvgIpc) is 2.79. The van der Waals surface area contributed by atoms with Crippen LogP contribution in [-0.2, 0) is 9.63 Å². The van der Waals surface area contributed by atoms with Gasteiger partial charge in [-0.2, -0.15) is 0 Å². The van der Waals surface area contributed by atoms with Crippen LogP contribution in [0, 0.1) is 0 Å². The number of carbonyl (C=O) groups excluding carboxylic acids is 1. The molecular formula is C17H13NO2. The lowest BCUT2D eigenvalue weighted by molar-refractivity contribution is -0.138. The third-order valence-corrected chi connectivity index (χ3v) is 3.22. The molecule has 0 unspecified atom stereocenters. The molecule has 0 bridgehead atoms. The third kappa shape index (κ3) is 1.93. The predicted octanol–water partition coefficient (Wildman–Crippen LogP) is 3.54. The summed E-state index contributed by atoms with van der Waals surface area (Å²) >= 11 is 0. The Kier molecular flexibility index (Phi) is 2.95. The topological polar surface area (TPSA) is 38.7 Å². The van der Waals surface area contributed by atoms with Crippen LogP contribution < -0.4 is 0 Å². The second-order valence-corrected chi connectivity index (χ2v) is 4.69. The lowest BCUT2D eigenvalue weighted by Crippen LogP contribution is -2.05. The van der Waals surface area contributed by atoms with Crippen LogP contribution in [-0.4, -0.2) is 11.7 Å². The van der Waals surface area contributed by atoms with Crippen molar-refractivity contribution in [2.45, 2.75) is 6.92 Å². The molecule has 3 rings (SSSR count). The zero-order chi connectivity index (χ0) is 14.1. The van der Waals surface area contributed by atoms with E-state index in [4.69, 9.17) is 4.84 Å². The predicted molar refractivity (Wildman–Crippen MR) is 78.4 cm³/mol. The standard InChI is InChI=1S/C17H13NO2/c1-11(2)17(19)20-18-16-14-9-5-3-7-12(14)13-8-4-6-10-15(13)16/h3-10H,1H2,2H3. The molecule has 0 fully saturated rings. The van der Waals surface area contributed by atoms with E-state index in [1.807, 2.05) is 48.5 Å². The molecule has 2 aromatic carbocycles. The summed E-state index contributed by atoms with van der Waals surface area (Å²) in [4.78, 5) is 16.4. The Balaban J connectivity index is 2.09. The summed E-state index contributed by atoms with van der Waals surface area (Å²) in [6, 6.07) is 15.9. The van der Waals surface area contributed by atoms with Crippen LogP contribution in [0.5, 0.6) is 0 Å². The van der Waals surface area contributed by atoms with Gasteiger partial charge in [-0.25, -0.2) is 4.79 Å². The molecule has 0 saturated heterocycles. The molecule has 2 aromatic rings. The van der Waals surface area contributed by atoms with Gasteiger partial charge in [-0.15, -0.1) is 0 Å². The summed E-state index contributed by atoms with van der Waals surface area (Å²) in [5.41, 5.74) is 5.17. The molecule has 3 nitrogen and oxygen atoms in total. The average molecular weight is 263 g/mol. The number of oxime groups is 1. The van der Waals surface area contributed by atoms with Gasteiger partial charge >= 0.3 is 5.97 Å². The van der Waals surface area contributed by atoms with Gasteiger partial charge in [-0.3, -0.25) is 0 Å². The molecule has 0 atom stereocenters. The Morgan fingerprint density at radius 3 is 1.85 bits per heavy atom. The Bertz CT molecular complexity index is 697. The lowest BCUT2D eigenvalue weighted by Gasteiger charge is -2.01. The SMILES string of the molecule is C=C(C)C(=O)ON=C1c2ccccc2-c2ccccc21. The second kappa shape index (κ2) is 4.78. The summed E-state index contributed by atoms with van der Waals surface area (Å²) < 4.78 is 0. The molecule has 0 aliphatic heterocycles. The highest BCUT2D eigenvalue weighted by atomic mass is 16.7. The first-order chi connectivity index (χ1) is 9.68. The molecule has 0 radical (unpaired) electrons. The highest BCUT2D eigenvalue weighted by Gasteiger charge is 2.24. The maximum absolute atomic E-state index is 11.5. The van der Waals surface area contributed by atoms with Gasteiger partial charge in [-0.05, 0) is 18.1 Å². The van der Waals surface area contributed by atoms with Crippen molar-refractivity contribution in [1.82, 2.24) is 0 Å². The van der Waals surface area contributed by atoms with Crippen molar-refractivity contribution >= 4 is 11.7 Å². The molecule has 0 N–H and O–H groups in total. The Morgan fingerprint density at radius 1 is 0.950 bits per heavy atom. The highest BCUT2D eigenvalue weighted by molar-refractivity contribution is 6.24. The van der Waals surface area contributed by atoms with Crippen molar-refractivity contribution in [2.75, 3.05) is 0 Å². The minimum Gasteiger partial charge on any atom is -0.313 e. The maximum Gasteiger partial charge on any atom is 0.360 e. The van der Waals surface area contributed by atoms with Gasteiger partial charge in [0.2, 0.25) is 0 Å². The van der Waals surface area contributed by atoms with Crippen LogP contribution in [0.1, 0.15) is 18.1 Å². The van der Waals surface area contributed by atoms with Gasteiger partial charge in [0.05, 0.1) is 0 Å². The molecule has 0 aromatic heterocycles. The Hall–Kier alpha value is -2.68. The van der Waals surface area contributed by atoms with Crippen molar-refractivity contribution in [3.8, 4) is 11.1 Å². The van der Waals surface area contributed by atoms with Crippen LogP contribution >= 0.6 is 0 Å². The van der Waals surface area contributed by atoms with Crippen LogP contribution in [0.4, 0.5) is 0 Å². The van der Waals surface area contributed by atoms with E-state index < -0.39 is 5.97 Å². The van der Waals surface area contributed by atoms with Crippen LogP contribution in [0.25, 0.3) is 11.1 Å². The fourth-order valence-corrected chi connectivity index (χ4v) is 2.26. The van der Waals surface area contributed by atoms with E-state index in [-0.39, 0.29) is 0 Å². The molecule has 1 aliphatic rings. The maximum atomic E-state index is 11.5. The Morgan fingerprint density at radius 2 is 1.40 bits per heavy atom. The first-order valence-electron chi connectivity index (χ1n) is 6.32. The summed E-state index contributed by atoms with van der Waals surface area (Å²) in [7, 11) is 0. The van der Waals surface area contributed by atoms with Gasteiger partial charge in [0.15, 0.2) is 0 Å². The number of rotatable bonds is 2. The van der Waals surface area contributed by atoms with Gasteiger partial charge < -0.3 is 4.84 Å². The van der Waals surface area contributed by atoms with Crippen LogP contribution in [0.3, 0.4) is 0 Å². The van der Waals surface area contributed by atoms with Crippen LogP contribution in [0.15, 0.2) is 65.8 Å². The second-order valence-electron chi connectivity index (χ2n) is 4.69. The molecule has 20 heavy (non-hydrogen) atoms. The number of hydrogen-bond acceptors (Lipinski definition) is 3. The minimum absolute atomic E-state index is 0.328. The fourth-order valence-electron chi connectivity index (χ4n) is 2.26. The zero-order valence-corrected chi connectivity index (χ0v) is 11.1.